The molecular weight excluding hydrogens is 296 g/mol. The molecule has 2 heterocycles. The molecule has 0 bridgehead atoms. The van der Waals surface area contributed by atoms with Gasteiger partial charge in [0, 0.05) is 23.3 Å². The fourth-order valence-electron chi connectivity index (χ4n) is 1.51. The summed E-state index contributed by atoms with van der Waals surface area (Å²) < 4.78 is 0. The number of H-pyrrole nitrogens is 1. The van der Waals surface area contributed by atoms with Gasteiger partial charge >= 0.3 is 0 Å². The van der Waals surface area contributed by atoms with Crippen LogP contribution in [0.5, 0.6) is 0 Å². The lowest BCUT2D eigenvalue weighted by atomic mass is 10.2. The van der Waals surface area contributed by atoms with Crippen LogP contribution in [0.1, 0.15) is 19.0 Å². The molecule has 20 heavy (non-hydrogen) atoms. The van der Waals surface area contributed by atoms with E-state index in [1.807, 2.05) is 6.92 Å². The molecule has 8 heteroatoms. The van der Waals surface area contributed by atoms with Crippen molar-refractivity contribution in [3.63, 3.8) is 0 Å². The van der Waals surface area contributed by atoms with Crippen LogP contribution >= 0.6 is 23.1 Å². The van der Waals surface area contributed by atoms with Crippen LogP contribution in [0.4, 0.5) is 5.13 Å². The summed E-state index contributed by atoms with van der Waals surface area (Å²) in [5.74, 6) is 0.00598. The number of nitrogens with zero attached hydrogens (tertiary/aromatic N) is 2. The van der Waals surface area contributed by atoms with Crippen LogP contribution in [0.3, 0.4) is 0 Å². The molecule has 2 aromatic heterocycles. The SMILES string of the molecule is CCCc1cc(=O)[nH]c(SCC(=O)Nc2nccs2)n1. The second kappa shape index (κ2) is 7.20. The summed E-state index contributed by atoms with van der Waals surface area (Å²) in [6, 6.07) is 1.49. The van der Waals surface area contributed by atoms with Crippen molar-refractivity contribution in [3.05, 3.63) is 33.7 Å². The van der Waals surface area contributed by atoms with Gasteiger partial charge in [0.2, 0.25) is 5.91 Å². The van der Waals surface area contributed by atoms with Crippen LogP contribution in [-0.4, -0.2) is 26.6 Å². The quantitative estimate of drug-likeness (QED) is 0.628. The number of aryl methyl sites for hydroxylation is 1. The first kappa shape index (κ1) is 14.7. The average Bonchev–Trinajstić information content (AvgIpc) is 2.89. The van der Waals surface area contributed by atoms with Crippen LogP contribution < -0.4 is 10.9 Å². The van der Waals surface area contributed by atoms with Crippen molar-refractivity contribution in [1.82, 2.24) is 15.0 Å². The zero-order valence-corrected chi connectivity index (χ0v) is 12.5. The number of hydrogen-bond donors (Lipinski definition) is 2. The fourth-order valence-corrected chi connectivity index (χ4v) is 2.75. The van der Waals surface area contributed by atoms with Crippen molar-refractivity contribution >= 4 is 34.1 Å². The Bertz CT molecular complexity index is 625. The molecule has 0 aliphatic rings. The Morgan fingerprint density at radius 1 is 1.55 bits per heavy atom. The van der Waals surface area contributed by atoms with E-state index in [2.05, 4.69) is 20.3 Å². The lowest BCUT2D eigenvalue weighted by Crippen LogP contribution is -2.15. The van der Waals surface area contributed by atoms with Crippen molar-refractivity contribution in [2.45, 2.75) is 24.9 Å². The highest BCUT2D eigenvalue weighted by molar-refractivity contribution is 7.99. The highest BCUT2D eigenvalue weighted by atomic mass is 32.2. The van der Waals surface area contributed by atoms with Gasteiger partial charge < -0.3 is 10.3 Å². The summed E-state index contributed by atoms with van der Waals surface area (Å²) >= 11 is 2.56. The van der Waals surface area contributed by atoms with E-state index >= 15 is 0 Å². The predicted molar refractivity (Wildman–Crippen MR) is 80.3 cm³/mol. The molecule has 106 valence electrons. The van der Waals surface area contributed by atoms with Crippen molar-refractivity contribution in [2.75, 3.05) is 11.1 Å². The predicted octanol–water partition coefficient (Wildman–Crippen LogP) is 1.91. The molecule has 0 saturated carbocycles. The Balaban J connectivity index is 1.93. The average molecular weight is 310 g/mol. The molecule has 0 spiro atoms. The molecule has 2 N–H and O–H groups in total. The summed E-state index contributed by atoms with van der Waals surface area (Å²) in [7, 11) is 0. The molecule has 2 aromatic rings. The minimum atomic E-state index is -0.189. The van der Waals surface area contributed by atoms with E-state index in [0.717, 1.165) is 18.5 Å². The zero-order chi connectivity index (χ0) is 14.4. The first-order valence-electron chi connectivity index (χ1n) is 6.09. The van der Waals surface area contributed by atoms with Crippen LogP contribution in [-0.2, 0) is 11.2 Å². The molecule has 0 saturated heterocycles. The van der Waals surface area contributed by atoms with E-state index in [-0.39, 0.29) is 17.2 Å². The molecule has 0 unspecified atom stereocenters. The Morgan fingerprint density at radius 2 is 2.40 bits per heavy atom. The Labute approximate surface area is 124 Å². The summed E-state index contributed by atoms with van der Waals surface area (Å²) in [4.78, 5) is 34.1. The number of thioether (sulfide) groups is 1. The fraction of sp³-hybridized carbons (Fsp3) is 0.333. The molecule has 6 nitrogen and oxygen atoms in total. The molecule has 0 radical (unpaired) electrons. The highest BCUT2D eigenvalue weighted by Crippen LogP contribution is 2.14. The second-order valence-electron chi connectivity index (χ2n) is 3.97. The third kappa shape index (κ3) is 4.46. The number of thiazole rings is 1. The Hall–Kier alpha value is -1.67. The van der Waals surface area contributed by atoms with Crippen molar-refractivity contribution in [2.24, 2.45) is 0 Å². The van der Waals surface area contributed by atoms with Crippen molar-refractivity contribution in [1.29, 1.82) is 0 Å². The number of carbonyl (C=O) groups is 1. The number of aromatic amines is 1. The van der Waals surface area contributed by atoms with Gasteiger partial charge in [-0.25, -0.2) is 9.97 Å². The van der Waals surface area contributed by atoms with Crippen LogP contribution in [0.2, 0.25) is 0 Å². The molecule has 0 aromatic carbocycles. The van der Waals surface area contributed by atoms with E-state index in [9.17, 15) is 9.59 Å². The highest BCUT2D eigenvalue weighted by Gasteiger charge is 2.07. The Morgan fingerprint density at radius 3 is 3.10 bits per heavy atom. The molecule has 0 atom stereocenters. The van der Waals surface area contributed by atoms with E-state index in [1.54, 1.807) is 11.6 Å². The standard InChI is InChI=1S/C12H14N4O2S2/c1-2-3-8-6-9(17)15-12(14-8)20-7-10(18)16-11-13-4-5-19-11/h4-6H,2-3,7H2,1H3,(H,13,16,18)(H,14,15,17). The van der Waals surface area contributed by atoms with Gasteiger partial charge in [-0.1, -0.05) is 25.1 Å². The van der Waals surface area contributed by atoms with Gasteiger partial charge in [0.1, 0.15) is 0 Å². The maximum Gasteiger partial charge on any atom is 0.251 e. The van der Waals surface area contributed by atoms with Gasteiger partial charge in [0.05, 0.1) is 5.75 Å². The maximum atomic E-state index is 11.7. The second-order valence-corrected chi connectivity index (χ2v) is 5.82. The van der Waals surface area contributed by atoms with Crippen molar-refractivity contribution in [3.8, 4) is 0 Å². The molecule has 1 amide bonds. The monoisotopic (exact) mass is 310 g/mol. The summed E-state index contributed by atoms with van der Waals surface area (Å²) in [6.45, 7) is 2.02. The summed E-state index contributed by atoms with van der Waals surface area (Å²) in [5, 5.41) is 5.50. The van der Waals surface area contributed by atoms with Gasteiger partial charge in [-0.2, -0.15) is 0 Å². The van der Waals surface area contributed by atoms with Gasteiger partial charge in [-0.15, -0.1) is 11.3 Å². The number of anilines is 1. The summed E-state index contributed by atoms with van der Waals surface area (Å²) in [6.07, 6.45) is 3.30. The number of hydrogen-bond acceptors (Lipinski definition) is 6. The largest absolute Gasteiger partial charge is 0.301 e. The minimum Gasteiger partial charge on any atom is -0.301 e. The number of carbonyl (C=O) groups excluding carboxylic acids is 1. The van der Waals surface area contributed by atoms with Crippen molar-refractivity contribution < 1.29 is 4.79 Å². The number of amides is 1. The van der Waals surface area contributed by atoms with E-state index in [0.29, 0.717) is 10.3 Å². The first-order valence-corrected chi connectivity index (χ1v) is 7.96. The number of rotatable bonds is 6. The number of aromatic nitrogens is 3. The number of nitrogens with one attached hydrogen (secondary N) is 2. The first-order chi connectivity index (χ1) is 9.67. The third-order valence-electron chi connectivity index (χ3n) is 2.30. The van der Waals surface area contributed by atoms with Crippen LogP contribution in [0.25, 0.3) is 0 Å². The summed E-state index contributed by atoms with van der Waals surface area (Å²) in [5.41, 5.74) is 0.561. The normalized spacial score (nSPS) is 10.4. The van der Waals surface area contributed by atoms with E-state index in [4.69, 9.17) is 0 Å². The van der Waals surface area contributed by atoms with Gasteiger partial charge in [-0.3, -0.25) is 9.59 Å². The molecule has 0 aliphatic carbocycles. The van der Waals surface area contributed by atoms with Gasteiger partial charge in [0.15, 0.2) is 10.3 Å². The lowest BCUT2D eigenvalue weighted by molar-refractivity contribution is -0.113. The van der Waals surface area contributed by atoms with Crippen LogP contribution in [0, 0.1) is 0 Å². The van der Waals surface area contributed by atoms with Gasteiger partial charge in [-0.05, 0) is 6.42 Å². The molecule has 2 rings (SSSR count). The molecule has 0 fully saturated rings. The molecule has 0 aliphatic heterocycles. The Kier molecular flexibility index (Phi) is 5.31. The van der Waals surface area contributed by atoms with Gasteiger partial charge in [0.25, 0.3) is 5.56 Å². The zero-order valence-electron chi connectivity index (χ0n) is 10.9. The van der Waals surface area contributed by atoms with Crippen LogP contribution in [0.15, 0.2) is 27.6 Å². The lowest BCUT2D eigenvalue weighted by Gasteiger charge is -2.03. The maximum absolute atomic E-state index is 11.7. The topological polar surface area (TPSA) is 87.7 Å². The molecular formula is C12H14N4O2S2. The van der Waals surface area contributed by atoms with E-state index < -0.39 is 0 Å². The minimum absolute atomic E-state index is 0.173. The third-order valence-corrected chi connectivity index (χ3v) is 3.86. The smallest absolute Gasteiger partial charge is 0.251 e. The van der Waals surface area contributed by atoms with E-state index in [1.165, 1.54) is 29.2 Å².